The minimum absolute atomic E-state index is 0.0276. The van der Waals surface area contributed by atoms with Crippen LogP contribution in [0.3, 0.4) is 0 Å². The molecule has 0 spiro atoms. The van der Waals surface area contributed by atoms with Crippen LogP contribution >= 0.6 is 0 Å². The van der Waals surface area contributed by atoms with E-state index in [9.17, 15) is 0 Å². The predicted octanol–water partition coefficient (Wildman–Crippen LogP) is 1.34. The minimum atomic E-state index is 0.0276. The van der Waals surface area contributed by atoms with Gasteiger partial charge in [0, 0.05) is 43.5 Å². The SMILES string of the molecule is CC(CCO)NC1(CN)CCN(c2ccccc2)CC1. The van der Waals surface area contributed by atoms with E-state index in [1.807, 2.05) is 0 Å². The maximum atomic E-state index is 9.03. The van der Waals surface area contributed by atoms with Crippen molar-refractivity contribution in [2.24, 2.45) is 5.73 Å². The monoisotopic (exact) mass is 277 g/mol. The molecule has 1 aromatic carbocycles. The van der Waals surface area contributed by atoms with Crippen molar-refractivity contribution in [3.05, 3.63) is 30.3 Å². The zero-order chi connectivity index (χ0) is 14.4. The summed E-state index contributed by atoms with van der Waals surface area (Å²) in [5.41, 5.74) is 7.34. The smallest absolute Gasteiger partial charge is 0.0445 e. The lowest BCUT2D eigenvalue weighted by molar-refractivity contribution is 0.211. The maximum Gasteiger partial charge on any atom is 0.0445 e. The molecule has 1 heterocycles. The molecule has 0 aromatic heterocycles. The number of anilines is 1. The van der Waals surface area contributed by atoms with E-state index in [0.717, 1.165) is 32.4 Å². The Morgan fingerprint density at radius 1 is 1.30 bits per heavy atom. The quantitative estimate of drug-likeness (QED) is 0.734. The first-order chi connectivity index (χ1) is 9.69. The van der Waals surface area contributed by atoms with Crippen molar-refractivity contribution in [3.63, 3.8) is 0 Å². The molecule has 0 amide bonds. The summed E-state index contributed by atoms with van der Waals surface area (Å²) in [5.74, 6) is 0. The standard InChI is InChI=1S/C16H27N3O/c1-14(7-12-20)18-16(13-17)8-10-19(11-9-16)15-5-3-2-4-6-15/h2-6,14,18,20H,7-13,17H2,1H3. The van der Waals surface area contributed by atoms with E-state index in [1.165, 1.54) is 5.69 Å². The molecular weight excluding hydrogens is 250 g/mol. The van der Waals surface area contributed by atoms with Crippen LogP contribution in [0.15, 0.2) is 30.3 Å². The van der Waals surface area contributed by atoms with Crippen LogP contribution in [0.1, 0.15) is 26.2 Å². The maximum absolute atomic E-state index is 9.03. The summed E-state index contributed by atoms with van der Waals surface area (Å²) in [6, 6.07) is 10.9. The number of aliphatic hydroxyl groups is 1. The van der Waals surface area contributed by atoms with Crippen LogP contribution in [0.2, 0.25) is 0 Å². The number of aliphatic hydroxyl groups excluding tert-OH is 1. The van der Waals surface area contributed by atoms with Gasteiger partial charge in [-0.05, 0) is 38.3 Å². The van der Waals surface area contributed by atoms with Gasteiger partial charge in [-0.15, -0.1) is 0 Å². The molecule has 0 bridgehead atoms. The fraction of sp³-hybridized carbons (Fsp3) is 0.625. The highest BCUT2D eigenvalue weighted by Gasteiger charge is 2.34. The number of piperidine rings is 1. The summed E-state index contributed by atoms with van der Waals surface area (Å²) < 4.78 is 0. The van der Waals surface area contributed by atoms with Gasteiger partial charge in [0.05, 0.1) is 0 Å². The molecule has 4 heteroatoms. The lowest BCUT2D eigenvalue weighted by Crippen LogP contribution is -2.60. The molecule has 4 nitrogen and oxygen atoms in total. The molecule has 1 atom stereocenters. The van der Waals surface area contributed by atoms with E-state index in [0.29, 0.717) is 12.6 Å². The van der Waals surface area contributed by atoms with Gasteiger partial charge in [0.15, 0.2) is 0 Å². The summed E-state index contributed by atoms with van der Waals surface area (Å²) in [6.45, 7) is 5.06. The summed E-state index contributed by atoms with van der Waals surface area (Å²) in [5, 5.41) is 12.7. The second-order valence-electron chi connectivity index (χ2n) is 5.86. The molecule has 1 unspecified atom stereocenters. The molecule has 1 aliphatic rings. The topological polar surface area (TPSA) is 61.5 Å². The van der Waals surface area contributed by atoms with Crippen LogP contribution in [-0.2, 0) is 0 Å². The molecular formula is C16H27N3O. The van der Waals surface area contributed by atoms with Gasteiger partial charge in [-0.2, -0.15) is 0 Å². The van der Waals surface area contributed by atoms with Crippen LogP contribution in [0.25, 0.3) is 0 Å². The predicted molar refractivity (Wildman–Crippen MR) is 84.0 cm³/mol. The van der Waals surface area contributed by atoms with Crippen molar-refractivity contribution in [2.75, 3.05) is 31.1 Å². The molecule has 1 fully saturated rings. The zero-order valence-corrected chi connectivity index (χ0v) is 12.4. The summed E-state index contributed by atoms with van der Waals surface area (Å²) in [7, 11) is 0. The molecule has 2 rings (SSSR count). The highest BCUT2D eigenvalue weighted by atomic mass is 16.3. The second kappa shape index (κ2) is 7.07. The normalized spacial score (nSPS) is 19.9. The Morgan fingerprint density at radius 3 is 2.50 bits per heavy atom. The molecule has 0 saturated carbocycles. The van der Waals surface area contributed by atoms with Crippen LogP contribution in [0, 0.1) is 0 Å². The van der Waals surface area contributed by atoms with Crippen LogP contribution < -0.4 is 16.0 Å². The first-order valence-corrected chi connectivity index (χ1v) is 7.58. The summed E-state index contributed by atoms with van der Waals surface area (Å²) in [4.78, 5) is 2.42. The third kappa shape index (κ3) is 3.72. The van der Waals surface area contributed by atoms with Gasteiger partial charge in [0.25, 0.3) is 0 Å². The van der Waals surface area contributed by atoms with Crippen molar-refractivity contribution < 1.29 is 5.11 Å². The molecule has 1 saturated heterocycles. The van der Waals surface area contributed by atoms with Crippen molar-refractivity contribution in [1.82, 2.24) is 5.32 Å². The highest BCUT2D eigenvalue weighted by molar-refractivity contribution is 5.46. The molecule has 112 valence electrons. The van der Waals surface area contributed by atoms with E-state index < -0.39 is 0 Å². The van der Waals surface area contributed by atoms with E-state index >= 15 is 0 Å². The van der Waals surface area contributed by atoms with Crippen molar-refractivity contribution in [3.8, 4) is 0 Å². The first kappa shape index (κ1) is 15.3. The molecule has 4 N–H and O–H groups in total. The second-order valence-corrected chi connectivity index (χ2v) is 5.86. The van der Waals surface area contributed by atoms with Crippen LogP contribution in [0.5, 0.6) is 0 Å². The third-order valence-electron chi connectivity index (χ3n) is 4.35. The fourth-order valence-corrected chi connectivity index (χ4v) is 3.03. The average molecular weight is 277 g/mol. The van der Waals surface area contributed by atoms with Gasteiger partial charge < -0.3 is 21.1 Å². The largest absolute Gasteiger partial charge is 0.396 e. The number of nitrogens with two attached hydrogens (primary N) is 1. The van der Waals surface area contributed by atoms with Crippen LogP contribution in [-0.4, -0.2) is 42.9 Å². The zero-order valence-electron chi connectivity index (χ0n) is 12.4. The van der Waals surface area contributed by atoms with E-state index in [-0.39, 0.29) is 12.1 Å². The fourth-order valence-electron chi connectivity index (χ4n) is 3.03. The Kier molecular flexibility index (Phi) is 5.40. The third-order valence-corrected chi connectivity index (χ3v) is 4.35. The van der Waals surface area contributed by atoms with Gasteiger partial charge in [-0.25, -0.2) is 0 Å². The van der Waals surface area contributed by atoms with Crippen molar-refractivity contribution >= 4 is 5.69 Å². The van der Waals surface area contributed by atoms with Gasteiger partial charge >= 0.3 is 0 Å². The number of benzene rings is 1. The first-order valence-electron chi connectivity index (χ1n) is 7.58. The molecule has 0 radical (unpaired) electrons. The van der Waals surface area contributed by atoms with Gasteiger partial charge in [0.1, 0.15) is 0 Å². The number of nitrogens with one attached hydrogen (secondary N) is 1. The molecule has 1 aromatic rings. The lowest BCUT2D eigenvalue weighted by atomic mass is 9.86. The van der Waals surface area contributed by atoms with Gasteiger partial charge in [0.2, 0.25) is 0 Å². The van der Waals surface area contributed by atoms with Gasteiger partial charge in [-0.1, -0.05) is 18.2 Å². The Balaban J connectivity index is 1.93. The summed E-state index contributed by atoms with van der Waals surface area (Å²) >= 11 is 0. The van der Waals surface area contributed by atoms with E-state index in [2.05, 4.69) is 47.5 Å². The number of rotatable bonds is 6. The Morgan fingerprint density at radius 2 is 1.95 bits per heavy atom. The summed E-state index contributed by atoms with van der Waals surface area (Å²) in [6.07, 6.45) is 2.88. The average Bonchev–Trinajstić information content (AvgIpc) is 2.49. The Bertz CT molecular complexity index is 388. The van der Waals surface area contributed by atoms with Crippen molar-refractivity contribution in [1.29, 1.82) is 0 Å². The van der Waals surface area contributed by atoms with E-state index in [4.69, 9.17) is 10.8 Å². The van der Waals surface area contributed by atoms with E-state index in [1.54, 1.807) is 0 Å². The Labute approximate surface area is 122 Å². The lowest BCUT2D eigenvalue weighted by Gasteiger charge is -2.44. The number of nitrogens with zero attached hydrogens (tertiary/aromatic N) is 1. The molecule has 1 aliphatic heterocycles. The van der Waals surface area contributed by atoms with Crippen molar-refractivity contribution in [2.45, 2.75) is 37.8 Å². The number of para-hydroxylation sites is 1. The Hall–Kier alpha value is -1.10. The number of hydrogen-bond donors (Lipinski definition) is 3. The van der Waals surface area contributed by atoms with Crippen LogP contribution in [0.4, 0.5) is 5.69 Å². The number of hydrogen-bond acceptors (Lipinski definition) is 4. The minimum Gasteiger partial charge on any atom is -0.396 e. The molecule has 0 aliphatic carbocycles. The molecule has 20 heavy (non-hydrogen) atoms. The van der Waals surface area contributed by atoms with Gasteiger partial charge in [-0.3, -0.25) is 0 Å². The highest BCUT2D eigenvalue weighted by Crippen LogP contribution is 2.26.